The van der Waals surface area contributed by atoms with Crippen LogP contribution in [0.25, 0.3) is 5.69 Å². The van der Waals surface area contributed by atoms with Gasteiger partial charge in [-0.2, -0.15) is 15.0 Å². The third-order valence-electron chi connectivity index (χ3n) is 4.00. The van der Waals surface area contributed by atoms with Crippen molar-refractivity contribution in [3.63, 3.8) is 0 Å². The summed E-state index contributed by atoms with van der Waals surface area (Å²) in [5, 5.41) is 12.5. The zero-order valence-corrected chi connectivity index (χ0v) is 12.6. The quantitative estimate of drug-likeness (QED) is 0.880. The van der Waals surface area contributed by atoms with Crippen LogP contribution in [0.2, 0.25) is 0 Å². The molecule has 1 aliphatic rings. The first-order valence-corrected chi connectivity index (χ1v) is 7.77. The van der Waals surface area contributed by atoms with Crippen LogP contribution in [0.3, 0.4) is 0 Å². The fraction of sp³-hybridized carbons (Fsp3) is 0.500. The molecule has 1 aromatic heterocycles. The Kier molecular flexibility index (Phi) is 4.62. The van der Waals surface area contributed by atoms with Crippen LogP contribution in [0.1, 0.15) is 25.5 Å². The molecule has 112 valence electrons. The van der Waals surface area contributed by atoms with E-state index in [0.717, 1.165) is 37.6 Å². The summed E-state index contributed by atoms with van der Waals surface area (Å²) < 4.78 is 0. The van der Waals surface area contributed by atoms with Crippen molar-refractivity contribution in [2.45, 2.75) is 32.4 Å². The van der Waals surface area contributed by atoms with Gasteiger partial charge in [-0.1, -0.05) is 25.1 Å². The van der Waals surface area contributed by atoms with Gasteiger partial charge in [0.05, 0.1) is 17.6 Å². The van der Waals surface area contributed by atoms with Crippen LogP contribution in [-0.2, 0) is 6.54 Å². The molecule has 0 aliphatic carbocycles. The summed E-state index contributed by atoms with van der Waals surface area (Å²) in [5.41, 5.74) is 2.03. The molecule has 5 heteroatoms. The maximum absolute atomic E-state index is 4.59. The number of hydrogen-bond donors (Lipinski definition) is 1. The molecule has 2 heterocycles. The highest BCUT2D eigenvalue weighted by Gasteiger charge is 2.17. The van der Waals surface area contributed by atoms with Crippen molar-refractivity contribution in [3.05, 3.63) is 42.2 Å². The van der Waals surface area contributed by atoms with Gasteiger partial charge in [-0.25, -0.2) is 0 Å². The molecule has 3 rings (SSSR count). The summed E-state index contributed by atoms with van der Waals surface area (Å²) >= 11 is 0. The van der Waals surface area contributed by atoms with Crippen LogP contribution < -0.4 is 5.32 Å². The molecule has 1 unspecified atom stereocenters. The van der Waals surface area contributed by atoms with Crippen molar-refractivity contribution in [2.75, 3.05) is 19.6 Å². The average Bonchev–Trinajstić information content (AvgIpc) is 3.19. The SMILES string of the molecule is CCN(Cc1cnn(-c2ccccc2)n1)CC1CCCN1. The van der Waals surface area contributed by atoms with E-state index in [2.05, 4.69) is 27.3 Å². The molecule has 0 bridgehead atoms. The lowest BCUT2D eigenvalue weighted by Gasteiger charge is -2.23. The minimum Gasteiger partial charge on any atom is -0.313 e. The van der Waals surface area contributed by atoms with Crippen molar-refractivity contribution in [1.82, 2.24) is 25.2 Å². The highest BCUT2D eigenvalue weighted by molar-refractivity contribution is 5.28. The molecule has 0 saturated carbocycles. The molecule has 1 aliphatic heterocycles. The minimum atomic E-state index is 0.633. The Hall–Kier alpha value is -1.72. The van der Waals surface area contributed by atoms with E-state index >= 15 is 0 Å². The second-order valence-corrected chi connectivity index (χ2v) is 5.58. The highest BCUT2D eigenvalue weighted by Crippen LogP contribution is 2.10. The standard InChI is InChI=1S/C16H23N5/c1-2-20(12-14-7-6-10-17-14)13-15-11-18-21(19-15)16-8-4-3-5-9-16/h3-5,8-9,11,14,17H,2,6-7,10,12-13H2,1H3. The van der Waals surface area contributed by atoms with Gasteiger partial charge in [0.25, 0.3) is 0 Å². The van der Waals surface area contributed by atoms with Gasteiger partial charge in [0.2, 0.25) is 0 Å². The number of nitrogens with zero attached hydrogens (tertiary/aromatic N) is 4. The third-order valence-corrected chi connectivity index (χ3v) is 4.00. The molecule has 0 spiro atoms. The van der Waals surface area contributed by atoms with Gasteiger partial charge in [0.1, 0.15) is 0 Å². The molecule has 1 fully saturated rings. The van der Waals surface area contributed by atoms with Crippen molar-refractivity contribution in [3.8, 4) is 5.69 Å². The molecule has 5 nitrogen and oxygen atoms in total. The van der Waals surface area contributed by atoms with Crippen molar-refractivity contribution >= 4 is 0 Å². The van der Waals surface area contributed by atoms with Crippen LogP contribution in [0.5, 0.6) is 0 Å². The Morgan fingerprint density at radius 1 is 1.33 bits per heavy atom. The summed E-state index contributed by atoms with van der Waals surface area (Å²) in [5.74, 6) is 0. The molecule has 2 aromatic rings. The van der Waals surface area contributed by atoms with Gasteiger partial charge in [0, 0.05) is 19.1 Å². The van der Waals surface area contributed by atoms with E-state index in [9.17, 15) is 0 Å². The van der Waals surface area contributed by atoms with Gasteiger partial charge in [-0.05, 0) is 38.1 Å². The molecular formula is C16H23N5. The Balaban J connectivity index is 1.62. The smallest absolute Gasteiger partial charge is 0.0971 e. The normalized spacial score (nSPS) is 18.5. The van der Waals surface area contributed by atoms with E-state index in [1.165, 1.54) is 12.8 Å². The number of likely N-dealkylation sites (N-methyl/N-ethyl adjacent to an activating group) is 1. The van der Waals surface area contributed by atoms with Crippen molar-refractivity contribution < 1.29 is 0 Å². The van der Waals surface area contributed by atoms with Crippen LogP contribution >= 0.6 is 0 Å². The second-order valence-electron chi connectivity index (χ2n) is 5.58. The Morgan fingerprint density at radius 2 is 2.19 bits per heavy atom. The fourth-order valence-electron chi connectivity index (χ4n) is 2.81. The molecular weight excluding hydrogens is 262 g/mol. The van der Waals surface area contributed by atoms with E-state index < -0.39 is 0 Å². The topological polar surface area (TPSA) is 46.0 Å². The summed E-state index contributed by atoms with van der Waals surface area (Å²) in [4.78, 5) is 4.14. The first-order valence-electron chi connectivity index (χ1n) is 7.77. The maximum Gasteiger partial charge on any atom is 0.0971 e. The number of rotatable bonds is 6. The van der Waals surface area contributed by atoms with Crippen molar-refractivity contribution in [2.24, 2.45) is 0 Å². The number of benzene rings is 1. The van der Waals surface area contributed by atoms with Crippen LogP contribution in [0.4, 0.5) is 0 Å². The lowest BCUT2D eigenvalue weighted by molar-refractivity contribution is 0.250. The zero-order valence-electron chi connectivity index (χ0n) is 12.6. The van der Waals surface area contributed by atoms with E-state index in [1.54, 1.807) is 4.80 Å². The molecule has 1 N–H and O–H groups in total. The summed E-state index contributed by atoms with van der Waals surface area (Å²) in [6.07, 6.45) is 4.46. The molecule has 1 atom stereocenters. The molecule has 1 saturated heterocycles. The van der Waals surface area contributed by atoms with Crippen LogP contribution in [0, 0.1) is 0 Å². The van der Waals surface area contributed by atoms with E-state index in [4.69, 9.17) is 0 Å². The Bertz CT molecular complexity index is 545. The second kappa shape index (κ2) is 6.83. The number of para-hydroxylation sites is 1. The fourth-order valence-corrected chi connectivity index (χ4v) is 2.81. The molecule has 21 heavy (non-hydrogen) atoms. The predicted molar refractivity (Wildman–Crippen MR) is 83.3 cm³/mol. The van der Waals surface area contributed by atoms with E-state index in [1.807, 2.05) is 36.5 Å². The molecule has 0 radical (unpaired) electrons. The number of aromatic nitrogens is 3. The highest BCUT2D eigenvalue weighted by atomic mass is 15.5. The largest absolute Gasteiger partial charge is 0.313 e. The summed E-state index contributed by atoms with van der Waals surface area (Å²) in [6, 6.07) is 10.7. The monoisotopic (exact) mass is 285 g/mol. The van der Waals surface area contributed by atoms with Crippen LogP contribution in [0.15, 0.2) is 36.5 Å². The maximum atomic E-state index is 4.59. The van der Waals surface area contributed by atoms with Gasteiger partial charge in [-0.15, -0.1) is 0 Å². The van der Waals surface area contributed by atoms with E-state index in [-0.39, 0.29) is 0 Å². The lowest BCUT2D eigenvalue weighted by atomic mass is 10.2. The van der Waals surface area contributed by atoms with Gasteiger partial charge < -0.3 is 5.32 Å². The first kappa shape index (κ1) is 14.2. The first-order chi connectivity index (χ1) is 10.3. The van der Waals surface area contributed by atoms with Crippen molar-refractivity contribution in [1.29, 1.82) is 0 Å². The average molecular weight is 285 g/mol. The van der Waals surface area contributed by atoms with Gasteiger partial charge in [-0.3, -0.25) is 4.90 Å². The van der Waals surface area contributed by atoms with Gasteiger partial charge >= 0.3 is 0 Å². The predicted octanol–water partition coefficient (Wildman–Crippen LogP) is 1.84. The summed E-state index contributed by atoms with van der Waals surface area (Å²) in [7, 11) is 0. The zero-order chi connectivity index (χ0) is 14.5. The number of hydrogen-bond acceptors (Lipinski definition) is 4. The molecule has 1 aromatic carbocycles. The van der Waals surface area contributed by atoms with E-state index in [0.29, 0.717) is 6.04 Å². The molecule has 0 amide bonds. The minimum absolute atomic E-state index is 0.633. The summed E-state index contributed by atoms with van der Waals surface area (Å²) in [6.45, 7) is 6.36. The third kappa shape index (κ3) is 3.68. The van der Waals surface area contributed by atoms with Crippen LogP contribution in [-0.4, -0.2) is 45.6 Å². The van der Waals surface area contributed by atoms with Gasteiger partial charge in [0.15, 0.2) is 0 Å². The Morgan fingerprint density at radius 3 is 2.90 bits per heavy atom. The Labute approximate surface area is 126 Å². The lowest BCUT2D eigenvalue weighted by Crippen LogP contribution is -2.37. The number of nitrogens with one attached hydrogen (secondary N) is 1.